The smallest absolute Gasteiger partial charge is 0.249 e. The average molecular weight is 442 g/mol. The predicted octanol–water partition coefficient (Wildman–Crippen LogP) is 7.23. The van der Waals surface area contributed by atoms with E-state index in [0.717, 1.165) is 55.7 Å². The molecule has 0 aliphatic carbocycles. The molecule has 4 aromatic rings. The summed E-state index contributed by atoms with van der Waals surface area (Å²) in [7, 11) is 1.62. The van der Waals surface area contributed by atoms with Crippen LogP contribution in [0.15, 0.2) is 46.9 Å². The zero-order valence-electron chi connectivity index (χ0n) is 20.4. The molecule has 0 aliphatic rings. The maximum Gasteiger partial charge on any atom is 0.249 e. The van der Waals surface area contributed by atoms with Crippen LogP contribution in [0.4, 0.5) is 0 Å². The first-order valence-electron chi connectivity index (χ1n) is 11.3. The van der Waals surface area contributed by atoms with Crippen LogP contribution in [0.5, 0.6) is 5.75 Å². The number of carbonyl (C=O) groups excluding carboxylic acids is 1. The molecule has 1 aromatic heterocycles. The van der Waals surface area contributed by atoms with Crippen molar-refractivity contribution >= 4 is 16.9 Å². The van der Waals surface area contributed by atoms with Gasteiger partial charge in [-0.25, -0.2) is 0 Å². The van der Waals surface area contributed by atoms with Crippen LogP contribution < -0.4 is 10.5 Å². The highest BCUT2D eigenvalue weighted by molar-refractivity contribution is 6.07. The molecule has 0 saturated heterocycles. The van der Waals surface area contributed by atoms with Gasteiger partial charge in [-0.15, -0.1) is 0 Å². The molecule has 2 N–H and O–H groups in total. The number of furan rings is 1. The van der Waals surface area contributed by atoms with Gasteiger partial charge in [-0.3, -0.25) is 4.79 Å². The second-order valence-corrected chi connectivity index (χ2v) is 9.04. The van der Waals surface area contributed by atoms with E-state index in [2.05, 4.69) is 58.9 Å². The van der Waals surface area contributed by atoms with Gasteiger partial charge in [0.2, 0.25) is 5.91 Å². The lowest BCUT2D eigenvalue weighted by molar-refractivity contribution is 0.100. The van der Waals surface area contributed by atoms with Crippen molar-refractivity contribution in [3.63, 3.8) is 0 Å². The summed E-state index contributed by atoms with van der Waals surface area (Å²) < 4.78 is 11.8. The molecule has 0 fully saturated rings. The maximum atomic E-state index is 12.3. The molecule has 0 saturated carbocycles. The molecule has 0 radical (unpaired) electrons. The van der Waals surface area contributed by atoms with Crippen molar-refractivity contribution in [2.75, 3.05) is 7.11 Å². The van der Waals surface area contributed by atoms with E-state index in [4.69, 9.17) is 14.9 Å². The lowest BCUT2D eigenvalue weighted by Gasteiger charge is -2.18. The lowest BCUT2D eigenvalue weighted by atomic mass is 9.85. The highest BCUT2D eigenvalue weighted by atomic mass is 16.5. The second kappa shape index (κ2) is 8.43. The SMILES string of the molecule is COc1ccc(C(N)=O)c(-c2c(C)c(C)c3oc(C)c(-c4ccc(C(C)C)cc4)c3c2C)c1. The molecule has 0 aliphatic heterocycles. The van der Waals surface area contributed by atoms with Gasteiger partial charge in [0, 0.05) is 16.5 Å². The van der Waals surface area contributed by atoms with Gasteiger partial charge in [-0.1, -0.05) is 38.1 Å². The van der Waals surface area contributed by atoms with Crippen LogP contribution in [0, 0.1) is 27.7 Å². The number of amides is 1. The largest absolute Gasteiger partial charge is 0.497 e. The minimum absolute atomic E-state index is 0.461. The summed E-state index contributed by atoms with van der Waals surface area (Å²) in [5.41, 5.74) is 15.6. The Morgan fingerprint density at radius 1 is 0.909 bits per heavy atom. The summed E-state index contributed by atoms with van der Waals surface area (Å²) >= 11 is 0. The van der Waals surface area contributed by atoms with E-state index in [-0.39, 0.29) is 0 Å². The Morgan fingerprint density at radius 3 is 2.15 bits per heavy atom. The Kier molecular flexibility index (Phi) is 5.79. The molecule has 0 atom stereocenters. The van der Waals surface area contributed by atoms with E-state index in [1.54, 1.807) is 19.2 Å². The Labute approximate surface area is 195 Å². The molecule has 4 rings (SSSR count). The average Bonchev–Trinajstić information content (AvgIpc) is 3.15. The van der Waals surface area contributed by atoms with Gasteiger partial charge in [0.1, 0.15) is 17.1 Å². The quantitative estimate of drug-likeness (QED) is 0.355. The monoisotopic (exact) mass is 441 g/mol. The third kappa shape index (κ3) is 3.70. The van der Waals surface area contributed by atoms with Gasteiger partial charge in [0.05, 0.1) is 7.11 Å². The van der Waals surface area contributed by atoms with Crippen molar-refractivity contribution in [2.45, 2.75) is 47.5 Å². The number of hydrogen-bond donors (Lipinski definition) is 1. The van der Waals surface area contributed by atoms with Crippen molar-refractivity contribution in [1.82, 2.24) is 0 Å². The second-order valence-electron chi connectivity index (χ2n) is 9.04. The van der Waals surface area contributed by atoms with Crippen LogP contribution in [0.3, 0.4) is 0 Å². The van der Waals surface area contributed by atoms with Crippen LogP contribution >= 0.6 is 0 Å². The normalized spacial score (nSPS) is 11.4. The summed E-state index contributed by atoms with van der Waals surface area (Å²) in [6, 6.07) is 14.1. The van der Waals surface area contributed by atoms with Gasteiger partial charge in [-0.05, 0) is 90.8 Å². The number of methoxy groups -OCH3 is 1. The molecule has 33 heavy (non-hydrogen) atoms. The summed E-state index contributed by atoms with van der Waals surface area (Å²) in [5.74, 6) is 1.57. The van der Waals surface area contributed by atoms with E-state index in [0.29, 0.717) is 17.2 Å². The Morgan fingerprint density at radius 2 is 1.58 bits per heavy atom. The van der Waals surface area contributed by atoms with Crippen molar-refractivity contribution < 1.29 is 13.9 Å². The molecule has 1 heterocycles. The number of carbonyl (C=O) groups is 1. The minimum atomic E-state index is -0.461. The summed E-state index contributed by atoms with van der Waals surface area (Å²) in [6.45, 7) is 12.6. The van der Waals surface area contributed by atoms with Crippen LogP contribution in [0.25, 0.3) is 33.2 Å². The molecule has 1 amide bonds. The first kappa shape index (κ1) is 22.7. The Balaban J connectivity index is 2.08. The highest BCUT2D eigenvalue weighted by Crippen LogP contribution is 2.45. The maximum absolute atomic E-state index is 12.3. The van der Waals surface area contributed by atoms with E-state index in [9.17, 15) is 4.79 Å². The topological polar surface area (TPSA) is 65.5 Å². The van der Waals surface area contributed by atoms with E-state index in [1.807, 2.05) is 13.0 Å². The summed E-state index contributed by atoms with van der Waals surface area (Å²) in [4.78, 5) is 12.3. The fourth-order valence-corrected chi connectivity index (χ4v) is 4.79. The number of nitrogens with two attached hydrogens (primary N) is 1. The number of rotatable bonds is 5. The van der Waals surface area contributed by atoms with Gasteiger partial charge in [-0.2, -0.15) is 0 Å². The van der Waals surface area contributed by atoms with Gasteiger partial charge < -0.3 is 14.9 Å². The molecule has 3 aromatic carbocycles. The molecule has 4 nitrogen and oxygen atoms in total. The zero-order chi connectivity index (χ0) is 24.0. The first-order valence-corrected chi connectivity index (χ1v) is 11.3. The van der Waals surface area contributed by atoms with Crippen molar-refractivity contribution in [1.29, 1.82) is 0 Å². The Hall–Kier alpha value is -3.53. The van der Waals surface area contributed by atoms with Crippen molar-refractivity contribution in [3.8, 4) is 28.0 Å². The first-order chi connectivity index (χ1) is 15.6. The number of hydrogen-bond acceptors (Lipinski definition) is 3. The molecule has 0 bridgehead atoms. The molecule has 170 valence electrons. The van der Waals surface area contributed by atoms with Crippen LogP contribution in [-0.4, -0.2) is 13.0 Å². The van der Waals surface area contributed by atoms with E-state index in [1.165, 1.54) is 5.56 Å². The van der Waals surface area contributed by atoms with Gasteiger partial charge >= 0.3 is 0 Å². The molecular formula is C29H31NO3. The van der Waals surface area contributed by atoms with Crippen LogP contribution in [0.1, 0.15) is 58.1 Å². The van der Waals surface area contributed by atoms with Gasteiger partial charge in [0.25, 0.3) is 0 Å². The molecule has 4 heteroatoms. The van der Waals surface area contributed by atoms with E-state index < -0.39 is 5.91 Å². The number of primary amides is 1. The fourth-order valence-electron chi connectivity index (χ4n) is 4.79. The number of fused-ring (bicyclic) bond motifs is 1. The van der Waals surface area contributed by atoms with Crippen LogP contribution in [0.2, 0.25) is 0 Å². The van der Waals surface area contributed by atoms with Crippen LogP contribution in [-0.2, 0) is 0 Å². The number of benzene rings is 3. The van der Waals surface area contributed by atoms with Crippen molar-refractivity contribution in [3.05, 3.63) is 76.0 Å². The zero-order valence-corrected chi connectivity index (χ0v) is 20.4. The third-order valence-electron chi connectivity index (χ3n) is 6.74. The molecule has 0 unspecified atom stereocenters. The molecular weight excluding hydrogens is 410 g/mol. The number of ether oxygens (including phenoxy) is 1. The predicted molar refractivity (Wildman–Crippen MR) is 135 cm³/mol. The minimum Gasteiger partial charge on any atom is -0.497 e. The Bertz CT molecular complexity index is 1380. The van der Waals surface area contributed by atoms with E-state index >= 15 is 0 Å². The third-order valence-corrected chi connectivity index (χ3v) is 6.74. The summed E-state index contributed by atoms with van der Waals surface area (Å²) in [5, 5.41) is 1.07. The van der Waals surface area contributed by atoms with Crippen molar-refractivity contribution in [2.24, 2.45) is 5.73 Å². The fraction of sp³-hybridized carbons (Fsp3) is 0.276. The lowest BCUT2D eigenvalue weighted by Crippen LogP contribution is -2.13. The standard InChI is InChI=1S/C29H31NO3/c1-15(2)20-8-10-21(11-9-20)27-19(6)33-28-17(4)16(3)25(18(5)26(27)28)24-14-22(32-7)12-13-23(24)29(30)31/h8-15H,1-7H3,(H2,30,31). The summed E-state index contributed by atoms with van der Waals surface area (Å²) in [6.07, 6.45) is 0. The van der Waals surface area contributed by atoms with Gasteiger partial charge in [0.15, 0.2) is 0 Å². The number of aryl methyl sites for hydroxylation is 3. The highest BCUT2D eigenvalue weighted by Gasteiger charge is 2.24. The molecule has 0 spiro atoms.